The fraction of sp³-hybridized carbons (Fsp3) is 0.750. The third-order valence-corrected chi connectivity index (χ3v) is 5.72. The van der Waals surface area contributed by atoms with Gasteiger partial charge in [0.15, 0.2) is 0 Å². The highest BCUT2D eigenvalue weighted by Gasteiger charge is 2.30. The van der Waals surface area contributed by atoms with Crippen molar-refractivity contribution in [3.05, 3.63) is 18.1 Å². The van der Waals surface area contributed by atoms with E-state index in [0.717, 1.165) is 18.2 Å². The molecule has 1 fully saturated rings. The molecule has 0 amide bonds. The minimum absolute atomic E-state index is 0.669. The molecule has 1 aliphatic carbocycles. The van der Waals surface area contributed by atoms with E-state index in [9.17, 15) is 0 Å². The molecular weight excluding hydrogens is 254 g/mol. The smallest absolute Gasteiger partial charge is 0.114 e. The van der Waals surface area contributed by atoms with Crippen LogP contribution in [-0.2, 0) is 0 Å². The first kappa shape index (κ1) is 15.0. The number of aryl methyl sites for hydroxylation is 1. The second-order valence-corrected chi connectivity index (χ2v) is 6.93. The van der Waals surface area contributed by atoms with Crippen LogP contribution >= 0.6 is 11.8 Å². The molecule has 0 aliphatic heterocycles. The second kappa shape index (κ2) is 7.39. The molecule has 1 heterocycles. The van der Waals surface area contributed by atoms with Crippen LogP contribution < -0.4 is 5.32 Å². The fourth-order valence-corrected chi connectivity index (χ4v) is 4.37. The van der Waals surface area contributed by atoms with E-state index in [0.29, 0.717) is 11.3 Å². The molecule has 19 heavy (non-hydrogen) atoms. The predicted octanol–water partition coefficient (Wildman–Crippen LogP) is 4.63. The Hall–Kier alpha value is -0.410. The third-order valence-electron chi connectivity index (χ3n) is 4.22. The lowest BCUT2D eigenvalue weighted by atomic mass is 9.84. The molecule has 1 aromatic rings. The molecule has 2 nitrogen and oxygen atoms in total. The molecular formula is C16H27NOS. The van der Waals surface area contributed by atoms with Crippen LogP contribution in [0.5, 0.6) is 0 Å². The predicted molar refractivity (Wildman–Crippen MR) is 82.8 cm³/mol. The van der Waals surface area contributed by atoms with Gasteiger partial charge in [0.1, 0.15) is 5.76 Å². The highest BCUT2D eigenvalue weighted by molar-refractivity contribution is 8.00. The lowest BCUT2D eigenvalue weighted by molar-refractivity contribution is 0.295. The topological polar surface area (TPSA) is 25.2 Å². The van der Waals surface area contributed by atoms with Crippen LogP contribution in [0, 0.1) is 12.8 Å². The summed E-state index contributed by atoms with van der Waals surface area (Å²) in [5.41, 5.74) is 0. The van der Waals surface area contributed by atoms with Gasteiger partial charge in [-0.2, -0.15) is 0 Å². The third kappa shape index (κ3) is 4.03. The van der Waals surface area contributed by atoms with Gasteiger partial charge in [0.2, 0.25) is 0 Å². The van der Waals surface area contributed by atoms with Crippen molar-refractivity contribution in [3.8, 4) is 0 Å². The monoisotopic (exact) mass is 281 g/mol. The van der Waals surface area contributed by atoms with E-state index in [2.05, 4.69) is 32.2 Å². The summed E-state index contributed by atoms with van der Waals surface area (Å²) < 4.78 is 5.43. The summed E-state index contributed by atoms with van der Waals surface area (Å²) in [4.78, 5) is 1.32. The van der Waals surface area contributed by atoms with Gasteiger partial charge in [0.05, 0.1) is 6.26 Å². The second-order valence-electron chi connectivity index (χ2n) is 5.65. The van der Waals surface area contributed by atoms with Crippen molar-refractivity contribution >= 4 is 11.8 Å². The van der Waals surface area contributed by atoms with E-state index in [1.54, 1.807) is 0 Å². The molecule has 0 radical (unpaired) electrons. The minimum atomic E-state index is 0.669. The Morgan fingerprint density at radius 2 is 2.21 bits per heavy atom. The van der Waals surface area contributed by atoms with Crippen molar-refractivity contribution in [3.63, 3.8) is 0 Å². The summed E-state index contributed by atoms with van der Waals surface area (Å²) >= 11 is 2.02. The maximum Gasteiger partial charge on any atom is 0.114 e. The van der Waals surface area contributed by atoms with Gasteiger partial charge in [-0.3, -0.25) is 0 Å². The molecule has 0 aromatic carbocycles. The van der Waals surface area contributed by atoms with Crippen molar-refractivity contribution in [1.82, 2.24) is 5.32 Å². The van der Waals surface area contributed by atoms with Gasteiger partial charge in [0.25, 0.3) is 0 Å². The first-order chi connectivity index (χ1) is 9.24. The van der Waals surface area contributed by atoms with Gasteiger partial charge in [0, 0.05) is 16.2 Å². The van der Waals surface area contributed by atoms with Crippen molar-refractivity contribution in [2.24, 2.45) is 5.92 Å². The van der Waals surface area contributed by atoms with Gasteiger partial charge in [-0.25, -0.2) is 0 Å². The summed E-state index contributed by atoms with van der Waals surface area (Å²) in [7, 11) is 0. The molecule has 1 aromatic heterocycles. The van der Waals surface area contributed by atoms with Crippen LogP contribution in [0.25, 0.3) is 0 Å². The largest absolute Gasteiger partial charge is 0.468 e. The maximum atomic E-state index is 5.43. The van der Waals surface area contributed by atoms with E-state index >= 15 is 0 Å². The van der Waals surface area contributed by atoms with Crippen molar-refractivity contribution in [2.45, 2.75) is 69.1 Å². The van der Waals surface area contributed by atoms with Crippen LogP contribution in [0.2, 0.25) is 0 Å². The first-order valence-electron chi connectivity index (χ1n) is 7.68. The highest BCUT2D eigenvalue weighted by Crippen LogP contribution is 2.38. The normalized spacial score (nSPS) is 27.6. The average Bonchev–Trinajstić information content (AvgIpc) is 2.83. The Morgan fingerprint density at radius 3 is 2.84 bits per heavy atom. The van der Waals surface area contributed by atoms with E-state index in [1.165, 1.54) is 37.0 Å². The van der Waals surface area contributed by atoms with Gasteiger partial charge < -0.3 is 9.73 Å². The zero-order valence-corrected chi connectivity index (χ0v) is 13.3. The molecule has 1 aliphatic rings. The van der Waals surface area contributed by atoms with Crippen LogP contribution in [0.15, 0.2) is 21.6 Å². The van der Waals surface area contributed by atoms with Crippen LogP contribution in [0.1, 0.15) is 51.7 Å². The summed E-state index contributed by atoms with van der Waals surface area (Å²) in [5, 5.41) is 4.44. The van der Waals surface area contributed by atoms with Crippen LogP contribution in [0.3, 0.4) is 0 Å². The van der Waals surface area contributed by atoms with E-state index in [-0.39, 0.29) is 0 Å². The molecule has 3 unspecified atom stereocenters. The van der Waals surface area contributed by atoms with Crippen molar-refractivity contribution < 1.29 is 4.42 Å². The SMILES string of the molecule is CCCNC1CCC(CC)CC1Sc1ccoc1C. The Kier molecular flexibility index (Phi) is 5.83. The molecule has 108 valence electrons. The summed E-state index contributed by atoms with van der Waals surface area (Å²) in [6.07, 6.45) is 8.41. The Balaban J connectivity index is 2.00. The van der Waals surface area contributed by atoms with Crippen LogP contribution in [-0.4, -0.2) is 17.8 Å². The molecule has 3 atom stereocenters. The van der Waals surface area contributed by atoms with Gasteiger partial charge in [-0.1, -0.05) is 20.3 Å². The number of thioether (sulfide) groups is 1. The number of furan rings is 1. The van der Waals surface area contributed by atoms with Crippen molar-refractivity contribution in [1.29, 1.82) is 0 Å². The molecule has 3 heteroatoms. The lowest BCUT2D eigenvalue weighted by Crippen LogP contribution is -2.42. The fourth-order valence-electron chi connectivity index (χ4n) is 2.93. The molecule has 0 saturated heterocycles. The molecule has 2 rings (SSSR count). The Bertz CT molecular complexity index is 377. The van der Waals surface area contributed by atoms with E-state index < -0.39 is 0 Å². The van der Waals surface area contributed by atoms with Gasteiger partial charge in [-0.05, 0) is 51.1 Å². The first-order valence-corrected chi connectivity index (χ1v) is 8.56. The van der Waals surface area contributed by atoms with Gasteiger partial charge >= 0.3 is 0 Å². The Morgan fingerprint density at radius 1 is 1.37 bits per heavy atom. The molecule has 0 bridgehead atoms. The molecule has 1 saturated carbocycles. The highest BCUT2D eigenvalue weighted by atomic mass is 32.2. The zero-order chi connectivity index (χ0) is 13.7. The van der Waals surface area contributed by atoms with Crippen LogP contribution in [0.4, 0.5) is 0 Å². The summed E-state index contributed by atoms with van der Waals surface area (Å²) in [6.45, 7) is 7.78. The number of hydrogen-bond donors (Lipinski definition) is 1. The minimum Gasteiger partial charge on any atom is -0.468 e. The molecule has 1 N–H and O–H groups in total. The van der Waals surface area contributed by atoms with Gasteiger partial charge in [-0.15, -0.1) is 11.8 Å². The van der Waals surface area contributed by atoms with E-state index in [4.69, 9.17) is 4.42 Å². The lowest BCUT2D eigenvalue weighted by Gasteiger charge is -2.36. The average molecular weight is 281 g/mol. The van der Waals surface area contributed by atoms with Crippen molar-refractivity contribution in [2.75, 3.05) is 6.54 Å². The summed E-state index contributed by atoms with van der Waals surface area (Å²) in [6, 6.07) is 2.79. The standard InChI is InChI=1S/C16H27NOS/c1-4-9-17-14-7-6-13(5-2)11-16(14)19-15-8-10-18-12(15)3/h8,10,13-14,16-17H,4-7,9,11H2,1-3H3. The maximum absolute atomic E-state index is 5.43. The number of rotatable bonds is 6. The zero-order valence-electron chi connectivity index (χ0n) is 12.4. The van der Waals surface area contributed by atoms with E-state index in [1.807, 2.05) is 18.0 Å². The Labute approximate surface area is 121 Å². The number of nitrogens with one attached hydrogen (secondary N) is 1. The quantitative estimate of drug-likeness (QED) is 0.823. The molecule has 0 spiro atoms. The number of hydrogen-bond acceptors (Lipinski definition) is 3. The summed E-state index contributed by atoms with van der Waals surface area (Å²) in [5.74, 6) is 1.97.